The molecule has 0 fully saturated rings. The van der Waals surface area contributed by atoms with Crippen LogP contribution >= 0.6 is 34.5 Å². The molecule has 3 nitrogen and oxygen atoms in total. The Hall–Kier alpha value is -2.40. The van der Waals surface area contributed by atoms with Crippen LogP contribution in [-0.2, 0) is 6.54 Å². The number of rotatable bonds is 4. The lowest BCUT2D eigenvalue weighted by Gasteiger charge is -2.20. The highest BCUT2D eigenvalue weighted by Gasteiger charge is 2.22. The third-order valence-corrected chi connectivity index (χ3v) is 5.85. The second kappa shape index (κ2) is 7.92. The number of fused-ring (bicyclic) bond motifs is 1. The van der Waals surface area contributed by atoms with Crippen LogP contribution in [0.2, 0.25) is 10.0 Å². The number of hydrogen-bond donors (Lipinski definition) is 0. The number of hydrogen-bond acceptors (Lipinski definition) is 3. The number of aryl methyl sites for hydroxylation is 1. The van der Waals surface area contributed by atoms with Crippen molar-refractivity contribution in [1.82, 2.24) is 4.98 Å². The molecule has 0 saturated carbocycles. The summed E-state index contributed by atoms with van der Waals surface area (Å²) in [5.74, 6) is -0.144. The molecule has 3 aromatic carbocycles. The second-order valence-electron chi connectivity index (χ2n) is 6.45. The van der Waals surface area contributed by atoms with E-state index in [1.165, 1.54) is 11.3 Å². The zero-order chi connectivity index (χ0) is 19.7. The SMILES string of the molecule is Cc1cc(Cl)cc2sc(N(Cc3ccccc3)C(=O)c3cccc(Cl)c3)nc12. The number of carbonyl (C=O) groups is 1. The van der Waals surface area contributed by atoms with Crippen molar-refractivity contribution in [3.8, 4) is 0 Å². The average molecular weight is 427 g/mol. The van der Waals surface area contributed by atoms with E-state index in [2.05, 4.69) is 0 Å². The predicted octanol–water partition coefficient (Wildman–Crippen LogP) is 6.76. The minimum absolute atomic E-state index is 0.144. The molecule has 0 aliphatic rings. The normalized spacial score (nSPS) is 11.0. The van der Waals surface area contributed by atoms with Crippen LogP contribution in [0, 0.1) is 6.92 Å². The second-order valence-corrected chi connectivity index (χ2v) is 8.34. The summed E-state index contributed by atoms with van der Waals surface area (Å²) in [6.45, 7) is 2.39. The largest absolute Gasteiger partial charge is 0.279 e. The van der Waals surface area contributed by atoms with E-state index in [9.17, 15) is 4.79 Å². The summed E-state index contributed by atoms with van der Waals surface area (Å²) in [6, 6.07) is 20.6. The van der Waals surface area contributed by atoms with Gasteiger partial charge in [-0.2, -0.15) is 0 Å². The van der Waals surface area contributed by atoms with Gasteiger partial charge in [0.15, 0.2) is 5.13 Å². The Morgan fingerprint density at radius 3 is 2.54 bits per heavy atom. The zero-order valence-corrected chi connectivity index (χ0v) is 17.4. The van der Waals surface area contributed by atoms with Gasteiger partial charge < -0.3 is 0 Å². The van der Waals surface area contributed by atoms with E-state index in [1.807, 2.05) is 49.4 Å². The van der Waals surface area contributed by atoms with E-state index >= 15 is 0 Å². The first-order valence-corrected chi connectivity index (χ1v) is 10.3. The fourth-order valence-electron chi connectivity index (χ4n) is 3.03. The van der Waals surface area contributed by atoms with E-state index in [4.69, 9.17) is 28.2 Å². The van der Waals surface area contributed by atoms with Crippen molar-refractivity contribution in [3.63, 3.8) is 0 Å². The quantitative estimate of drug-likeness (QED) is 0.361. The average Bonchev–Trinajstić information content (AvgIpc) is 3.10. The van der Waals surface area contributed by atoms with Crippen molar-refractivity contribution in [2.45, 2.75) is 13.5 Å². The molecule has 140 valence electrons. The van der Waals surface area contributed by atoms with Gasteiger partial charge >= 0.3 is 0 Å². The number of nitrogens with zero attached hydrogens (tertiary/aromatic N) is 2. The minimum atomic E-state index is -0.144. The molecule has 1 heterocycles. The Balaban J connectivity index is 1.80. The highest BCUT2D eigenvalue weighted by atomic mass is 35.5. The summed E-state index contributed by atoms with van der Waals surface area (Å²) in [5.41, 5.74) is 3.39. The standard InChI is InChI=1S/C22H16Cl2N2OS/c1-14-10-18(24)12-19-20(14)25-22(28-19)26(13-15-6-3-2-4-7-15)21(27)16-8-5-9-17(23)11-16/h2-12H,13H2,1H3. The first-order valence-electron chi connectivity index (χ1n) is 8.69. The molecular weight excluding hydrogens is 411 g/mol. The smallest absolute Gasteiger partial charge is 0.260 e. The van der Waals surface area contributed by atoms with Crippen molar-refractivity contribution in [2.75, 3.05) is 4.90 Å². The lowest BCUT2D eigenvalue weighted by molar-refractivity contribution is 0.0985. The molecule has 0 spiro atoms. The minimum Gasteiger partial charge on any atom is -0.279 e. The van der Waals surface area contributed by atoms with Gasteiger partial charge in [0.1, 0.15) is 0 Å². The van der Waals surface area contributed by atoms with Gasteiger partial charge in [-0.15, -0.1) is 0 Å². The molecule has 6 heteroatoms. The highest BCUT2D eigenvalue weighted by molar-refractivity contribution is 7.22. The molecule has 28 heavy (non-hydrogen) atoms. The zero-order valence-electron chi connectivity index (χ0n) is 15.0. The summed E-state index contributed by atoms with van der Waals surface area (Å²) >= 11 is 13.8. The maximum Gasteiger partial charge on any atom is 0.260 e. The summed E-state index contributed by atoms with van der Waals surface area (Å²) in [4.78, 5) is 19.8. The Kier molecular flexibility index (Phi) is 5.36. The Morgan fingerprint density at radius 1 is 1.00 bits per heavy atom. The molecule has 0 aliphatic carbocycles. The van der Waals surface area contributed by atoms with Crippen molar-refractivity contribution in [2.24, 2.45) is 0 Å². The lowest BCUT2D eigenvalue weighted by Crippen LogP contribution is -2.30. The number of aromatic nitrogens is 1. The van der Waals surface area contributed by atoms with Gasteiger partial charge in [-0.1, -0.05) is 70.9 Å². The lowest BCUT2D eigenvalue weighted by atomic mass is 10.1. The number of benzene rings is 3. The first-order chi connectivity index (χ1) is 13.5. The van der Waals surface area contributed by atoms with Crippen LogP contribution in [0.25, 0.3) is 10.2 Å². The van der Waals surface area contributed by atoms with E-state index in [1.54, 1.807) is 29.2 Å². The molecule has 0 unspecified atom stereocenters. The molecule has 4 aromatic rings. The summed E-state index contributed by atoms with van der Waals surface area (Å²) in [6.07, 6.45) is 0. The van der Waals surface area contributed by atoms with Crippen molar-refractivity contribution < 1.29 is 4.79 Å². The van der Waals surface area contributed by atoms with Gasteiger partial charge in [0.25, 0.3) is 5.91 Å². The fraction of sp³-hybridized carbons (Fsp3) is 0.0909. The molecule has 0 saturated heterocycles. The number of anilines is 1. The van der Waals surface area contributed by atoms with Crippen molar-refractivity contribution in [1.29, 1.82) is 0 Å². The Labute approximate surface area is 177 Å². The topological polar surface area (TPSA) is 33.2 Å². The fourth-order valence-corrected chi connectivity index (χ4v) is 4.64. The highest BCUT2D eigenvalue weighted by Crippen LogP contribution is 2.34. The van der Waals surface area contributed by atoms with Crippen LogP contribution in [0.1, 0.15) is 21.5 Å². The molecule has 0 aliphatic heterocycles. The molecule has 4 rings (SSSR count). The molecule has 0 bridgehead atoms. The monoisotopic (exact) mass is 426 g/mol. The van der Waals surface area contributed by atoms with Crippen LogP contribution in [0.4, 0.5) is 5.13 Å². The Morgan fingerprint density at radius 2 is 1.79 bits per heavy atom. The maximum absolute atomic E-state index is 13.3. The van der Waals surface area contributed by atoms with Crippen LogP contribution in [0.15, 0.2) is 66.7 Å². The maximum atomic E-state index is 13.3. The number of thiazole rings is 1. The van der Waals surface area contributed by atoms with Gasteiger partial charge in [0.05, 0.1) is 16.8 Å². The van der Waals surface area contributed by atoms with E-state index in [0.29, 0.717) is 27.3 Å². The summed E-state index contributed by atoms with van der Waals surface area (Å²) in [5, 5.41) is 1.82. The van der Waals surface area contributed by atoms with E-state index in [-0.39, 0.29) is 5.91 Å². The van der Waals surface area contributed by atoms with Crippen LogP contribution < -0.4 is 4.90 Å². The van der Waals surface area contributed by atoms with E-state index < -0.39 is 0 Å². The van der Waals surface area contributed by atoms with Gasteiger partial charge in [-0.3, -0.25) is 9.69 Å². The predicted molar refractivity (Wildman–Crippen MR) is 118 cm³/mol. The molecule has 1 amide bonds. The van der Waals surface area contributed by atoms with E-state index in [0.717, 1.165) is 21.3 Å². The summed E-state index contributed by atoms with van der Waals surface area (Å²) in [7, 11) is 0. The van der Waals surface area contributed by atoms with Gasteiger partial charge in [-0.05, 0) is 48.4 Å². The third-order valence-electron chi connectivity index (χ3n) is 4.37. The van der Waals surface area contributed by atoms with Crippen molar-refractivity contribution in [3.05, 3.63) is 93.5 Å². The number of halogens is 2. The van der Waals surface area contributed by atoms with Crippen LogP contribution in [0.3, 0.4) is 0 Å². The summed E-state index contributed by atoms with van der Waals surface area (Å²) < 4.78 is 0.956. The van der Waals surface area contributed by atoms with Gasteiger partial charge in [0.2, 0.25) is 0 Å². The molecular formula is C22H16Cl2N2OS. The molecule has 1 aromatic heterocycles. The molecule has 0 radical (unpaired) electrons. The van der Waals surface area contributed by atoms with Crippen LogP contribution in [0.5, 0.6) is 0 Å². The number of carbonyl (C=O) groups excluding carboxylic acids is 1. The molecule has 0 N–H and O–H groups in total. The van der Waals surface area contributed by atoms with Crippen LogP contribution in [-0.4, -0.2) is 10.9 Å². The number of amides is 1. The Bertz CT molecular complexity index is 1160. The molecule has 0 atom stereocenters. The van der Waals surface area contributed by atoms with Gasteiger partial charge in [-0.25, -0.2) is 4.98 Å². The van der Waals surface area contributed by atoms with Crippen molar-refractivity contribution >= 4 is 55.8 Å². The van der Waals surface area contributed by atoms with Gasteiger partial charge in [0, 0.05) is 15.6 Å². The first kappa shape index (κ1) is 18.9. The third kappa shape index (κ3) is 3.90.